The van der Waals surface area contributed by atoms with Crippen LogP contribution in [0.3, 0.4) is 0 Å². The van der Waals surface area contributed by atoms with Crippen molar-refractivity contribution < 1.29 is 23.9 Å². The summed E-state index contributed by atoms with van der Waals surface area (Å²) in [6.07, 6.45) is 0. The number of hydrogen-bond acceptors (Lipinski definition) is 7. The highest BCUT2D eigenvalue weighted by Crippen LogP contribution is 2.40. The fourth-order valence-electron chi connectivity index (χ4n) is 2.79. The molecule has 1 heterocycles. The predicted molar refractivity (Wildman–Crippen MR) is 99.3 cm³/mol. The third-order valence-electron chi connectivity index (χ3n) is 4.06. The smallest absolute Gasteiger partial charge is 0.319 e. The molecule has 2 rings (SSSR count). The van der Waals surface area contributed by atoms with Gasteiger partial charge in [-0.3, -0.25) is 14.4 Å². The van der Waals surface area contributed by atoms with E-state index >= 15 is 0 Å². The molecular weight excluding hydrogens is 368 g/mol. The van der Waals surface area contributed by atoms with Crippen LogP contribution in [0.4, 0.5) is 0 Å². The molecule has 0 saturated heterocycles. The van der Waals surface area contributed by atoms with Crippen molar-refractivity contribution in [2.75, 3.05) is 19.5 Å². The molecule has 1 aliphatic rings. The number of methoxy groups -OCH3 is 1. The third-order valence-corrected chi connectivity index (χ3v) is 5.05. The number of nitriles is 1. The Morgan fingerprint density at radius 3 is 2.52 bits per heavy atom. The molecule has 142 valence electrons. The Morgan fingerprint density at radius 2 is 1.96 bits per heavy atom. The minimum atomic E-state index is -1.18. The van der Waals surface area contributed by atoms with E-state index in [0.29, 0.717) is 5.56 Å². The quantitative estimate of drug-likeness (QED) is 0.587. The van der Waals surface area contributed by atoms with Gasteiger partial charge in [-0.05, 0) is 19.4 Å². The van der Waals surface area contributed by atoms with Crippen LogP contribution in [0.5, 0.6) is 0 Å². The summed E-state index contributed by atoms with van der Waals surface area (Å²) in [6.45, 7) is 3.85. The van der Waals surface area contributed by atoms with Gasteiger partial charge in [-0.2, -0.15) is 5.26 Å². The molecule has 7 nitrogen and oxygen atoms in total. The molecule has 1 aliphatic heterocycles. The highest BCUT2D eigenvalue weighted by atomic mass is 32.2. The van der Waals surface area contributed by atoms with Crippen LogP contribution < -0.4 is 5.32 Å². The van der Waals surface area contributed by atoms with Gasteiger partial charge in [-0.15, -0.1) is 0 Å². The van der Waals surface area contributed by atoms with E-state index in [1.807, 2.05) is 19.1 Å². The summed E-state index contributed by atoms with van der Waals surface area (Å²) in [6, 6.07) is 9.33. The van der Waals surface area contributed by atoms with Gasteiger partial charge in [0.05, 0.1) is 36.1 Å². The summed E-state index contributed by atoms with van der Waals surface area (Å²) in [5, 5.41) is 12.5. The first-order chi connectivity index (χ1) is 12.9. The fourth-order valence-corrected chi connectivity index (χ4v) is 3.63. The maximum absolute atomic E-state index is 12.6. The zero-order chi connectivity index (χ0) is 20.0. The van der Waals surface area contributed by atoms with Crippen molar-refractivity contribution in [3.63, 3.8) is 0 Å². The molecule has 1 aromatic carbocycles. The highest BCUT2D eigenvalue weighted by Gasteiger charge is 2.44. The van der Waals surface area contributed by atoms with E-state index in [9.17, 15) is 19.6 Å². The number of nitrogens with zero attached hydrogens (tertiary/aromatic N) is 1. The van der Waals surface area contributed by atoms with Gasteiger partial charge in [-0.1, -0.05) is 41.6 Å². The first-order valence-corrected chi connectivity index (χ1v) is 9.29. The first-order valence-electron chi connectivity index (χ1n) is 8.30. The molecule has 0 spiro atoms. The van der Waals surface area contributed by atoms with Crippen LogP contribution in [-0.4, -0.2) is 37.3 Å². The van der Waals surface area contributed by atoms with Crippen LogP contribution in [0.1, 0.15) is 24.0 Å². The van der Waals surface area contributed by atoms with Gasteiger partial charge in [0.2, 0.25) is 5.91 Å². The van der Waals surface area contributed by atoms with E-state index in [4.69, 9.17) is 9.47 Å². The first kappa shape index (κ1) is 20.5. The van der Waals surface area contributed by atoms with E-state index in [1.54, 1.807) is 19.1 Å². The van der Waals surface area contributed by atoms with Gasteiger partial charge >= 0.3 is 11.9 Å². The van der Waals surface area contributed by atoms with Gasteiger partial charge in [0.25, 0.3) is 0 Å². The van der Waals surface area contributed by atoms with Crippen LogP contribution in [0.25, 0.3) is 0 Å². The number of thioether (sulfide) groups is 1. The Kier molecular flexibility index (Phi) is 7.02. The molecule has 1 aromatic rings. The number of allylic oxidation sites excluding steroid dienone is 1. The number of esters is 2. The Balaban J connectivity index is 2.48. The number of rotatable bonds is 6. The maximum Gasteiger partial charge on any atom is 0.319 e. The number of hydrogen-bond donors (Lipinski definition) is 1. The molecule has 0 saturated carbocycles. The number of carbonyl (C=O) groups excluding carboxylic acids is 3. The second-order valence-corrected chi connectivity index (χ2v) is 6.81. The van der Waals surface area contributed by atoms with Crippen LogP contribution in [-0.2, 0) is 23.9 Å². The minimum absolute atomic E-state index is 0.0574. The topological polar surface area (TPSA) is 105 Å². The standard InChI is InChI=1S/C19H20N2O5S/c1-4-26-14(22)10-27-18-13(9-20)15(12-7-5-11(2)6-8-12)16(17(23)21-18)19(24)25-3/h5-8,15-16H,4,10H2,1-3H3,(H,21,23)/t15-,16+/m1/s1. The summed E-state index contributed by atoms with van der Waals surface area (Å²) in [7, 11) is 1.20. The van der Waals surface area contributed by atoms with Crippen molar-refractivity contribution in [3.05, 3.63) is 46.0 Å². The molecule has 27 heavy (non-hydrogen) atoms. The summed E-state index contributed by atoms with van der Waals surface area (Å²) < 4.78 is 9.66. The Morgan fingerprint density at radius 1 is 1.30 bits per heavy atom. The number of nitrogens with one attached hydrogen (secondary N) is 1. The average molecular weight is 388 g/mol. The van der Waals surface area contributed by atoms with Crippen molar-refractivity contribution in [2.24, 2.45) is 5.92 Å². The summed E-state index contributed by atoms with van der Waals surface area (Å²) in [5.74, 6) is -3.78. The van der Waals surface area contributed by atoms with E-state index in [-0.39, 0.29) is 23.0 Å². The van der Waals surface area contributed by atoms with Gasteiger partial charge in [-0.25, -0.2) is 0 Å². The van der Waals surface area contributed by atoms with Crippen LogP contribution in [0.15, 0.2) is 34.9 Å². The van der Waals surface area contributed by atoms with Gasteiger partial charge in [0.1, 0.15) is 5.92 Å². The molecule has 2 atom stereocenters. The minimum Gasteiger partial charge on any atom is -0.468 e. The Bertz CT molecular complexity index is 810. The lowest BCUT2D eigenvalue weighted by molar-refractivity contribution is -0.150. The molecule has 1 N–H and O–H groups in total. The van der Waals surface area contributed by atoms with Crippen molar-refractivity contribution >= 4 is 29.6 Å². The lowest BCUT2D eigenvalue weighted by atomic mass is 9.78. The summed E-state index contributed by atoms with van der Waals surface area (Å²) >= 11 is 1.00. The lowest BCUT2D eigenvalue weighted by Gasteiger charge is -2.30. The SMILES string of the molecule is CCOC(=O)CSC1=C(C#N)[C@@H](c2ccc(C)cc2)[C@H](C(=O)OC)C(=O)N1. The molecule has 1 amide bonds. The van der Waals surface area contributed by atoms with E-state index in [2.05, 4.69) is 11.4 Å². The summed E-state index contributed by atoms with van der Waals surface area (Å²) in [5.41, 5.74) is 1.87. The zero-order valence-electron chi connectivity index (χ0n) is 15.3. The largest absolute Gasteiger partial charge is 0.468 e. The predicted octanol–water partition coefficient (Wildman–Crippen LogP) is 2.03. The number of amides is 1. The van der Waals surface area contributed by atoms with Crippen LogP contribution >= 0.6 is 11.8 Å². The maximum atomic E-state index is 12.6. The third kappa shape index (κ3) is 4.68. The molecule has 0 aliphatic carbocycles. The molecule has 8 heteroatoms. The molecule has 0 unspecified atom stereocenters. The van der Waals surface area contributed by atoms with Crippen LogP contribution in [0.2, 0.25) is 0 Å². The normalized spacial score (nSPS) is 19.1. The second kappa shape index (κ2) is 9.24. The van der Waals surface area contributed by atoms with Crippen molar-refractivity contribution in [2.45, 2.75) is 19.8 Å². The molecule has 0 aromatic heterocycles. The molecule has 0 fully saturated rings. The Hall–Kier alpha value is -2.79. The lowest BCUT2D eigenvalue weighted by Crippen LogP contribution is -2.44. The van der Waals surface area contributed by atoms with Gasteiger partial charge in [0.15, 0.2) is 0 Å². The van der Waals surface area contributed by atoms with Crippen LogP contribution in [0, 0.1) is 24.2 Å². The molecule has 0 bridgehead atoms. The highest BCUT2D eigenvalue weighted by molar-refractivity contribution is 8.03. The summed E-state index contributed by atoms with van der Waals surface area (Å²) in [4.78, 5) is 36.5. The van der Waals surface area contributed by atoms with Gasteiger partial charge in [0, 0.05) is 5.92 Å². The van der Waals surface area contributed by atoms with Gasteiger partial charge < -0.3 is 14.8 Å². The number of carbonyl (C=O) groups is 3. The molecule has 0 radical (unpaired) electrons. The fraction of sp³-hybridized carbons (Fsp3) is 0.368. The average Bonchev–Trinajstić information content (AvgIpc) is 2.66. The number of ether oxygens (including phenoxy) is 2. The second-order valence-electron chi connectivity index (χ2n) is 5.83. The van der Waals surface area contributed by atoms with Crippen molar-refractivity contribution in [1.82, 2.24) is 5.32 Å². The van der Waals surface area contributed by atoms with E-state index < -0.39 is 29.7 Å². The number of benzene rings is 1. The van der Waals surface area contributed by atoms with E-state index in [1.165, 1.54) is 7.11 Å². The zero-order valence-corrected chi connectivity index (χ0v) is 16.1. The molecular formula is C19H20N2O5S. The number of aryl methyl sites for hydroxylation is 1. The van der Waals surface area contributed by atoms with Crippen molar-refractivity contribution in [1.29, 1.82) is 5.26 Å². The monoisotopic (exact) mass is 388 g/mol. The van der Waals surface area contributed by atoms with E-state index in [0.717, 1.165) is 17.3 Å². The Labute approximate surface area is 161 Å². The van der Waals surface area contributed by atoms with Crippen molar-refractivity contribution in [3.8, 4) is 6.07 Å².